The van der Waals surface area contributed by atoms with Crippen LogP contribution in [0.4, 0.5) is 0 Å². The van der Waals surface area contributed by atoms with Crippen LogP contribution in [0.1, 0.15) is 33.6 Å². The molecule has 0 bridgehead atoms. The minimum absolute atomic E-state index is 0.279. The molecule has 14 heavy (non-hydrogen) atoms. The van der Waals surface area contributed by atoms with Crippen LogP contribution in [0.3, 0.4) is 0 Å². The number of amides is 1. The Bertz CT molecular complexity index is 238. The van der Waals surface area contributed by atoms with Crippen LogP contribution < -0.4 is 5.73 Å². The van der Waals surface area contributed by atoms with E-state index in [-0.39, 0.29) is 5.91 Å². The topological polar surface area (TPSA) is 52.3 Å². The van der Waals surface area contributed by atoms with Gasteiger partial charge in [0.2, 0.25) is 5.91 Å². The molecule has 0 unspecified atom stereocenters. The second-order valence-electron chi connectivity index (χ2n) is 3.28. The summed E-state index contributed by atoms with van der Waals surface area (Å²) in [5.74, 6) is 0.593. The highest BCUT2D eigenvalue weighted by atomic mass is 16.5. The number of hydrogen-bond donors (Lipinski definition) is 1. The summed E-state index contributed by atoms with van der Waals surface area (Å²) in [5, 5.41) is 0. The van der Waals surface area contributed by atoms with Gasteiger partial charge in [0.15, 0.2) is 0 Å². The molecule has 0 aliphatic heterocycles. The summed E-state index contributed by atoms with van der Waals surface area (Å²) in [6.45, 7) is 6.45. The number of allylic oxidation sites excluding steroid dienone is 3. The number of primary amides is 1. The summed E-state index contributed by atoms with van der Waals surface area (Å²) >= 11 is 0. The minimum atomic E-state index is -0.279. The van der Waals surface area contributed by atoms with Crippen LogP contribution in [0.5, 0.6) is 0 Å². The smallest absolute Gasteiger partial charge is 0.217 e. The second kappa shape index (κ2) is 7.18. The van der Waals surface area contributed by atoms with E-state index in [4.69, 9.17) is 10.5 Å². The van der Waals surface area contributed by atoms with Crippen LogP contribution in [0, 0.1) is 0 Å². The van der Waals surface area contributed by atoms with Crippen LogP contribution in [0.2, 0.25) is 0 Å². The predicted molar refractivity (Wildman–Crippen MR) is 57.6 cm³/mol. The van der Waals surface area contributed by atoms with Crippen molar-refractivity contribution in [2.24, 2.45) is 5.73 Å². The Labute approximate surface area is 85.6 Å². The summed E-state index contributed by atoms with van der Waals surface area (Å²) < 4.78 is 5.48. The standard InChI is InChI=1S/C11H19NO2/c1-4-6-10(9(2)3)14-8-5-7-11(12)13/h4,6H,5,7-8H2,1-3H3,(H2,12,13)/b6-4-. The van der Waals surface area contributed by atoms with Gasteiger partial charge < -0.3 is 10.5 Å². The Morgan fingerprint density at radius 1 is 1.43 bits per heavy atom. The predicted octanol–water partition coefficient (Wildman–Crippen LogP) is 2.14. The van der Waals surface area contributed by atoms with Crippen LogP contribution in [-0.4, -0.2) is 12.5 Å². The van der Waals surface area contributed by atoms with E-state index in [2.05, 4.69) is 0 Å². The average molecular weight is 197 g/mol. The van der Waals surface area contributed by atoms with Crippen molar-refractivity contribution >= 4 is 5.91 Å². The maximum atomic E-state index is 10.4. The first-order valence-corrected chi connectivity index (χ1v) is 4.79. The van der Waals surface area contributed by atoms with Gasteiger partial charge in [0.05, 0.1) is 6.61 Å². The van der Waals surface area contributed by atoms with Crippen molar-refractivity contribution < 1.29 is 9.53 Å². The van der Waals surface area contributed by atoms with E-state index in [0.717, 1.165) is 11.3 Å². The fourth-order valence-corrected chi connectivity index (χ4v) is 0.939. The number of carbonyl (C=O) groups is 1. The molecule has 2 N–H and O–H groups in total. The zero-order valence-electron chi connectivity index (χ0n) is 9.17. The van der Waals surface area contributed by atoms with Crippen LogP contribution in [0.15, 0.2) is 23.5 Å². The lowest BCUT2D eigenvalue weighted by Gasteiger charge is -2.07. The summed E-state index contributed by atoms with van der Waals surface area (Å²) in [7, 11) is 0. The third kappa shape index (κ3) is 6.29. The summed E-state index contributed by atoms with van der Waals surface area (Å²) in [6.07, 6.45) is 4.89. The summed E-state index contributed by atoms with van der Waals surface area (Å²) in [4.78, 5) is 10.4. The van der Waals surface area contributed by atoms with Gasteiger partial charge in [-0.05, 0) is 38.8 Å². The maximum absolute atomic E-state index is 10.4. The van der Waals surface area contributed by atoms with Crippen molar-refractivity contribution in [3.05, 3.63) is 23.5 Å². The number of rotatable bonds is 6. The lowest BCUT2D eigenvalue weighted by molar-refractivity contribution is -0.118. The Morgan fingerprint density at radius 3 is 2.50 bits per heavy atom. The average Bonchev–Trinajstić information content (AvgIpc) is 2.09. The van der Waals surface area contributed by atoms with Gasteiger partial charge in [0.25, 0.3) is 0 Å². The molecular formula is C11H19NO2. The molecule has 0 fully saturated rings. The van der Waals surface area contributed by atoms with Gasteiger partial charge in [0.1, 0.15) is 5.76 Å². The first-order valence-electron chi connectivity index (χ1n) is 4.79. The highest BCUT2D eigenvalue weighted by Crippen LogP contribution is 2.07. The van der Waals surface area contributed by atoms with Crippen molar-refractivity contribution in [3.8, 4) is 0 Å². The molecular weight excluding hydrogens is 178 g/mol. The molecule has 3 heteroatoms. The molecule has 0 rings (SSSR count). The molecule has 0 heterocycles. The zero-order valence-corrected chi connectivity index (χ0v) is 9.17. The second-order valence-corrected chi connectivity index (χ2v) is 3.28. The fourth-order valence-electron chi connectivity index (χ4n) is 0.939. The third-order valence-electron chi connectivity index (χ3n) is 1.64. The SMILES string of the molecule is C/C=C\C(OCCCC(N)=O)=C(C)C. The maximum Gasteiger partial charge on any atom is 0.217 e. The Morgan fingerprint density at radius 2 is 2.07 bits per heavy atom. The van der Waals surface area contributed by atoms with E-state index >= 15 is 0 Å². The van der Waals surface area contributed by atoms with Crippen LogP contribution in [0.25, 0.3) is 0 Å². The molecule has 0 aromatic rings. The van der Waals surface area contributed by atoms with Crippen LogP contribution in [-0.2, 0) is 9.53 Å². The lowest BCUT2D eigenvalue weighted by atomic mass is 10.2. The molecule has 0 saturated carbocycles. The Kier molecular flexibility index (Phi) is 6.54. The first-order chi connectivity index (χ1) is 6.57. The van der Waals surface area contributed by atoms with Gasteiger partial charge in [-0.1, -0.05) is 6.08 Å². The first kappa shape index (κ1) is 12.8. The molecule has 1 amide bonds. The molecule has 0 aliphatic rings. The van der Waals surface area contributed by atoms with Gasteiger partial charge >= 0.3 is 0 Å². The highest BCUT2D eigenvalue weighted by molar-refractivity contribution is 5.73. The highest BCUT2D eigenvalue weighted by Gasteiger charge is 1.98. The third-order valence-corrected chi connectivity index (χ3v) is 1.64. The molecule has 0 saturated heterocycles. The van der Waals surface area contributed by atoms with Crippen molar-refractivity contribution in [1.29, 1.82) is 0 Å². The summed E-state index contributed by atoms with van der Waals surface area (Å²) in [6, 6.07) is 0. The van der Waals surface area contributed by atoms with E-state index in [0.29, 0.717) is 19.4 Å². The van der Waals surface area contributed by atoms with E-state index in [1.807, 2.05) is 32.9 Å². The molecule has 0 spiro atoms. The molecule has 0 aromatic heterocycles. The van der Waals surface area contributed by atoms with Crippen molar-refractivity contribution in [2.45, 2.75) is 33.6 Å². The van der Waals surface area contributed by atoms with E-state index in [1.54, 1.807) is 0 Å². The monoisotopic (exact) mass is 197 g/mol. The largest absolute Gasteiger partial charge is 0.494 e. The quantitative estimate of drug-likeness (QED) is 0.403. The molecule has 0 atom stereocenters. The zero-order chi connectivity index (χ0) is 11.0. The van der Waals surface area contributed by atoms with Gasteiger partial charge in [-0.15, -0.1) is 0 Å². The lowest BCUT2D eigenvalue weighted by Crippen LogP contribution is -2.11. The van der Waals surface area contributed by atoms with Crippen molar-refractivity contribution in [1.82, 2.24) is 0 Å². The van der Waals surface area contributed by atoms with E-state index in [9.17, 15) is 4.79 Å². The molecule has 0 radical (unpaired) electrons. The van der Waals surface area contributed by atoms with Gasteiger partial charge in [0, 0.05) is 6.42 Å². The molecule has 0 aliphatic carbocycles. The van der Waals surface area contributed by atoms with Crippen molar-refractivity contribution in [3.63, 3.8) is 0 Å². The number of hydrogen-bond acceptors (Lipinski definition) is 2. The Hall–Kier alpha value is -1.25. The number of nitrogens with two attached hydrogens (primary N) is 1. The number of carbonyl (C=O) groups excluding carboxylic acids is 1. The molecule has 80 valence electrons. The fraction of sp³-hybridized carbons (Fsp3) is 0.545. The van der Waals surface area contributed by atoms with Crippen LogP contribution >= 0.6 is 0 Å². The normalized spacial score (nSPS) is 10.2. The van der Waals surface area contributed by atoms with Gasteiger partial charge in [-0.3, -0.25) is 4.79 Å². The van der Waals surface area contributed by atoms with E-state index in [1.165, 1.54) is 0 Å². The summed E-state index contributed by atoms with van der Waals surface area (Å²) in [5.41, 5.74) is 6.13. The van der Waals surface area contributed by atoms with E-state index < -0.39 is 0 Å². The Balaban J connectivity index is 3.86. The number of ether oxygens (including phenoxy) is 1. The molecule has 0 aromatic carbocycles. The van der Waals surface area contributed by atoms with Crippen molar-refractivity contribution in [2.75, 3.05) is 6.61 Å². The van der Waals surface area contributed by atoms with Gasteiger partial charge in [-0.2, -0.15) is 0 Å². The van der Waals surface area contributed by atoms with Gasteiger partial charge in [-0.25, -0.2) is 0 Å². The molecule has 3 nitrogen and oxygen atoms in total. The minimum Gasteiger partial charge on any atom is -0.494 e.